The Morgan fingerprint density at radius 1 is 0.842 bits per heavy atom. The first kappa shape index (κ1) is 15.1. The van der Waals surface area contributed by atoms with Crippen LogP contribution < -0.4 is 17.2 Å². The Morgan fingerprint density at radius 3 is 1.79 bits per heavy atom. The number of nitrogens with two attached hydrogens (primary N) is 3. The molecule has 4 nitrogen and oxygen atoms in total. The lowest BCUT2D eigenvalue weighted by molar-refractivity contribution is 1.42. The molecule has 2 rings (SSSR count). The molecular formula is C13H14Cl2N4. The first-order valence-electron chi connectivity index (χ1n) is 5.35. The van der Waals surface area contributed by atoms with Gasteiger partial charge in [0.05, 0.1) is 21.4 Å². The summed E-state index contributed by atoms with van der Waals surface area (Å²) in [7, 11) is 0. The average Bonchev–Trinajstić information content (AvgIpc) is 2.36. The normalized spacial score (nSPS) is 9.16. The number of rotatable bonds is 1. The lowest BCUT2D eigenvalue weighted by atomic mass is 10.3. The summed E-state index contributed by atoms with van der Waals surface area (Å²) < 4.78 is 0. The minimum Gasteiger partial charge on any atom is -0.398 e. The van der Waals surface area contributed by atoms with Gasteiger partial charge in [-0.1, -0.05) is 47.5 Å². The summed E-state index contributed by atoms with van der Waals surface area (Å²) in [5, 5.41) is 1.16. The zero-order chi connectivity index (χ0) is 14.3. The van der Waals surface area contributed by atoms with Gasteiger partial charge in [-0.25, -0.2) is 4.99 Å². The van der Waals surface area contributed by atoms with Crippen LogP contribution in [0.25, 0.3) is 0 Å². The number of halogens is 2. The van der Waals surface area contributed by atoms with Crippen LogP contribution in [0.5, 0.6) is 0 Å². The maximum atomic E-state index is 5.75. The molecule has 6 heteroatoms. The number of nitrogen functional groups attached to an aromatic ring is 1. The van der Waals surface area contributed by atoms with Crippen LogP contribution in [-0.2, 0) is 0 Å². The molecule has 0 spiro atoms. The molecule has 0 atom stereocenters. The summed E-state index contributed by atoms with van der Waals surface area (Å²) in [6.45, 7) is 0. The Balaban J connectivity index is 0.000000200. The van der Waals surface area contributed by atoms with Crippen molar-refractivity contribution in [2.24, 2.45) is 16.5 Å². The summed E-state index contributed by atoms with van der Waals surface area (Å²) in [4.78, 5) is 3.80. The predicted molar refractivity (Wildman–Crippen MR) is 82.8 cm³/mol. The van der Waals surface area contributed by atoms with Crippen molar-refractivity contribution in [3.05, 3.63) is 58.6 Å². The zero-order valence-corrected chi connectivity index (χ0v) is 11.6. The molecule has 0 unspecified atom stereocenters. The molecule has 0 bridgehead atoms. The van der Waals surface area contributed by atoms with Gasteiger partial charge in [-0.15, -0.1) is 0 Å². The van der Waals surface area contributed by atoms with E-state index < -0.39 is 0 Å². The third-order valence-electron chi connectivity index (χ3n) is 2.01. The van der Waals surface area contributed by atoms with Crippen molar-refractivity contribution in [2.45, 2.75) is 0 Å². The number of aliphatic imine (C=N–C) groups is 1. The predicted octanol–water partition coefficient (Wildman–Crippen LogP) is 3.17. The SMILES string of the molecule is NC(N)=Nc1ccccc1Cl.Nc1ccccc1Cl. The van der Waals surface area contributed by atoms with E-state index in [1.54, 1.807) is 24.3 Å². The van der Waals surface area contributed by atoms with E-state index in [0.29, 0.717) is 21.4 Å². The van der Waals surface area contributed by atoms with Gasteiger partial charge >= 0.3 is 0 Å². The lowest BCUT2D eigenvalue weighted by Crippen LogP contribution is -2.21. The highest BCUT2D eigenvalue weighted by molar-refractivity contribution is 6.33. The lowest BCUT2D eigenvalue weighted by Gasteiger charge is -1.96. The molecule has 2 aromatic carbocycles. The number of hydrogen-bond acceptors (Lipinski definition) is 2. The van der Waals surface area contributed by atoms with Crippen LogP contribution in [0.4, 0.5) is 11.4 Å². The Hall–Kier alpha value is -1.91. The summed E-state index contributed by atoms with van der Waals surface area (Å²) in [5.41, 5.74) is 16.9. The number of anilines is 1. The monoisotopic (exact) mass is 296 g/mol. The highest BCUT2D eigenvalue weighted by atomic mass is 35.5. The molecule has 100 valence electrons. The molecule has 2 aromatic rings. The molecule has 0 aromatic heterocycles. The molecule has 0 radical (unpaired) electrons. The number of guanidine groups is 1. The molecule has 0 saturated heterocycles. The summed E-state index contributed by atoms with van der Waals surface area (Å²) in [5.74, 6) is 0.0121. The van der Waals surface area contributed by atoms with Crippen LogP contribution >= 0.6 is 23.2 Å². The van der Waals surface area contributed by atoms with E-state index in [1.807, 2.05) is 24.3 Å². The zero-order valence-electron chi connectivity index (χ0n) is 10.1. The van der Waals surface area contributed by atoms with Crippen molar-refractivity contribution in [1.82, 2.24) is 0 Å². The van der Waals surface area contributed by atoms with E-state index in [1.165, 1.54) is 0 Å². The smallest absolute Gasteiger partial charge is 0.191 e. The van der Waals surface area contributed by atoms with Gasteiger partial charge in [0.1, 0.15) is 0 Å². The van der Waals surface area contributed by atoms with Crippen molar-refractivity contribution in [3.63, 3.8) is 0 Å². The second-order valence-corrected chi connectivity index (χ2v) is 4.32. The molecule has 0 aliphatic rings. The van der Waals surface area contributed by atoms with Gasteiger partial charge in [-0.3, -0.25) is 0 Å². The van der Waals surface area contributed by atoms with Crippen molar-refractivity contribution in [3.8, 4) is 0 Å². The van der Waals surface area contributed by atoms with Crippen LogP contribution in [0.2, 0.25) is 10.0 Å². The maximum Gasteiger partial charge on any atom is 0.191 e. The van der Waals surface area contributed by atoms with E-state index in [-0.39, 0.29) is 5.96 Å². The largest absolute Gasteiger partial charge is 0.398 e. The number of benzene rings is 2. The van der Waals surface area contributed by atoms with Crippen molar-refractivity contribution >= 4 is 40.5 Å². The van der Waals surface area contributed by atoms with Gasteiger partial charge in [0.25, 0.3) is 0 Å². The number of nitrogens with zero attached hydrogens (tertiary/aromatic N) is 1. The molecule has 0 saturated carbocycles. The highest BCUT2D eigenvalue weighted by Gasteiger charge is 1.94. The summed E-state index contributed by atoms with van der Waals surface area (Å²) in [6, 6.07) is 14.3. The molecule has 19 heavy (non-hydrogen) atoms. The highest BCUT2D eigenvalue weighted by Crippen LogP contribution is 2.22. The van der Waals surface area contributed by atoms with Gasteiger partial charge in [0, 0.05) is 0 Å². The number of hydrogen-bond donors (Lipinski definition) is 3. The summed E-state index contributed by atoms with van der Waals surface area (Å²) >= 11 is 11.3. The Morgan fingerprint density at radius 2 is 1.37 bits per heavy atom. The minimum absolute atomic E-state index is 0.0121. The second-order valence-electron chi connectivity index (χ2n) is 3.51. The topological polar surface area (TPSA) is 90.4 Å². The van der Waals surface area contributed by atoms with Crippen LogP contribution in [0, 0.1) is 0 Å². The fraction of sp³-hybridized carbons (Fsp3) is 0. The molecule has 0 heterocycles. The second kappa shape index (κ2) is 7.51. The van der Waals surface area contributed by atoms with E-state index in [2.05, 4.69) is 4.99 Å². The Kier molecular flexibility index (Phi) is 5.99. The number of para-hydroxylation sites is 2. The Labute approximate surface area is 121 Å². The maximum absolute atomic E-state index is 5.75. The molecule has 6 N–H and O–H groups in total. The summed E-state index contributed by atoms with van der Waals surface area (Å²) in [6.07, 6.45) is 0. The third-order valence-corrected chi connectivity index (χ3v) is 2.67. The fourth-order valence-corrected chi connectivity index (χ4v) is 1.47. The van der Waals surface area contributed by atoms with Crippen LogP contribution in [0.15, 0.2) is 53.5 Å². The molecular weight excluding hydrogens is 283 g/mol. The van der Waals surface area contributed by atoms with Gasteiger partial charge < -0.3 is 17.2 Å². The van der Waals surface area contributed by atoms with E-state index in [9.17, 15) is 0 Å². The van der Waals surface area contributed by atoms with Gasteiger partial charge in [-0.2, -0.15) is 0 Å². The average molecular weight is 297 g/mol. The molecule has 0 aliphatic heterocycles. The first-order valence-corrected chi connectivity index (χ1v) is 6.10. The van der Waals surface area contributed by atoms with Gasteiger partial charge in [-0.05, 0) is 24.3 Å². The standard InChI is InChI=1S/C7H8ClN3.C6H6ClN/c8-5-3-1-2-4-6(5)11-7(9)10;7-5-3-1-2-4-6(5)8/h1-4H,(H4,9,10,11);1-4H,8H2. The quantitative estimate of drug-likeness (QED) is 0.429. The molecule has 0 fully saturated rings. The van der Waals surface area contributed by atoms with Crippen molar-refractivity contribution in [1.29, 1.82) is 0 Å². The van der Waals surface area contributed by atoms with Crippen molar-refractivity contribution < 1.29 is 0 Å². The van der Waals surface area contributed by atoms with E-state index >= 15 is 0 Å². The first-order chi connectivity index (χ1) is 9.00. The minimum atomic E-state index is 0.0121. The van der Waals surface area contributed by atoms with Gasteiger partial charge in [0.2, 0.25) is 0 Å². The molecule has 0 aliphatic carbocycles. The third kappa shape index (κ3) is 5.50. The Bertz CT molecular complexity index is 545. The van der Waals surface area contributed by atoms with Gasteiger partial charge in [0.15, 0.2) is 5.96 Å². The van der Waals surface area contributed by atoms with Crippen LogP contribution in [0.3, 0.4) is 0 Å². The van der Waals surface area contributed by atoms with E-state index in [4.69, 9.17) is 40.4 Å². The van der Waals surface area contributed by atoms with Crippen LogP contribution in [-0.4, -0.2) is 5.96 Å². The van der Waals surface area contributed by atoms with Crippen LogP contribution in [0.1, 0.15) is 0 Å². The molecule has 0 amide bonds. The van der Waals surface area contributed by atoms with Crippen molar-refractivity contribution in [2.75, 3.05) is 5.73 Å². The van der Waals surface area contributed by atoms with E-state index in [0.717, 1.165) is 0 Å². The fourth-order valence-electron chi connectivity index (χ4n) is 1.16.